The first-order chi connectivity index (χ1) is 14.3. The van der Waals surface area contributed by atoms with Gasteiger partial charge in [-0.15, -0.1) is 0 Å². The number of hydrogen-bond donors (Lipinski definition) is 0. The minimum absolute atomic E-state index is 0.131. The molecular formula is C23H24O7. The smallest absolute Gasteiger partial charge is 0.313 e. The summed E-state index contributed by atoms with van der Waals surface area (Å²) >= 11 is 0. The van der Waals surface area contributed by atoms with Crippen LogP contribution in [0.5, 0.6) is 28.7 Å². The van der Waals surface area contributed by atoms with Crippen molar-refractivity contribution in [2.24, 2.45) is 5.92 Å². The Kier molecular flexibility index (Phi) is 6.01. The van der Waals surface area contributed by atoms with Gasteiger partial charge in [0.15, 0.2) is 17.3 Å². The molecule has 7 nitrogen and oxygen atoms in total. The second-order valence-corrected chi connectivity index (χ2v) is 7.03. The highest BCUT2D eigenvalue weighted by Crippen LogP contribution is 2.41. The van der Waals surface area contributed by atoms with Gasteiger partial charge < -0.3 is 23.7 Å². The number of ketones is 1. The van der Waals surface area contributed by atoms with E-state index in [0.717, 1.165) is 0 Å². The van der Waals surface area contributed by atoms with Crippen molar-refractivity contribution in [2.75, 3.05) is 21.3 Å². The van der Waals surface area contributed by atoms with E-state index in [1.807, 2.05) is 0 Å². The zero-order valence-corrected chi connectivity index (χ0v) is 17.8. The number of Topliss-reactive ketones (excluding diaryl/α,β-unsaturated/α-hetero) is 1. The number of methoxy groups -OCH3 is 3. The van der Waals surface area contributed by atoms with Crippen LogP contribution in [0.25, 0.3) is 6.08 Å². The van der Waals surface area contributed by atoms with E-state index in [2.05, 4.69) is 0 Å². The summed E-state index contributed by atoms with van der Waals surface area (Å²) in [5.41, 5.74) is 1.58. The molecule has 1 heterocycles. The van der Waals surface area contributed by atoms with Crippen molar-refractivity contribution in [3.8, 4) is 28.7 Å². The lowest BCUT2D eigenvalue weighted by Gasteiger charge is -2.12. The van der Waals surface area contributed by atoms with Gasteiger partial charge in [0.2, 0.25) is 5.78 Å². The summed E-state index contributed by atoms with van der Waals surface area (Å²) in [5, 5.41) is 0. The van der Waals surface area contributed by atoms with Gasteiger partial charge in [0.25, 0.3) is 0 Å². The van der Waals surface area contributed by atoms with Crippen LogP contribution in [0.15, 0.2) is 30.0 Å². The van der Waals surface area contributed by atoms with Crippen LogP contribution in [-0.4, -0.2) is 33.1 Å². The Morgan fingerprint density at radius 3 is 2.20 bits per heavy atom. The SMILES string of the molecule is COc1cc(OC)c(OC)cc1/C=C1\Oc2c(ccc(OC(=O)C(C)C)c2C)C1=O. The Morgan fingerprint density at radius 1 is 0.967 bits per heavy atom. The molecule has 0 aromatic heterocycles. The van der Waals surface area contributed by atoms with Gasteiger partial charge in [-0.2, -0.15) is 0 Å². The number of allylic oxidation sites excluding steroid dienone is 1. The van der Waals surface area contributed by atoms with Crippen molar-refractivity contribution < 1.29 is 33.3 Å². The highest BCUT2D eigenvalue weighted by Gasteiger charge is 2.31. The summed E-state index contributed by atoms with van der Waals surface area (Å²) < 4.78 is 27.3. The molecule has 0 N–H and O–H groups in total. The molecule has 0 saturated heterocycles. The van der Waals surface area contributed by atoms with Crippen LogP contribution in [-0.2, 0) is 4.79 Å². The number of hydrogen-bond acceptors (Lipinski definition) is 7. The third kappa shape index (κ3) is 3.83. The molecule has 3 rings (SSSR count). The molecule has 0 saturated carbocycles. The van der Waals surface area contributed by atoms with Gasteiger partial charge in [0.1, 0.15) is 17.2 Å². The Morgan fingerprint density at radius 2 is 1.60 bits per heavy atom. The van der Waals surface area contributed by atoms with Crippen molar-refractivity contribution in [3.05, 3.63) is 46.7 Å². The van der Waals surface area contributed by atoms with Crippen LogP contribution in [0.3, 0.4) is 0 Å². The Balaban J connectivity index is 1.99. The molecule has 30 heavy (non-hydrogen) atoms. The highest BCUT2D eigenvalue weighted by molar-refractivity contribution is 6.15. The standard InChI is InChI=1S/C23H24O7/c1-12(2)23(25)30-16-8-7-15-21(24)20(29-22(15)13(16)3)10-14-9-18(27-5)19(28-6)11-17(14)26-4/h7-12H,1-6H3/b20-10-. The molecule has 0 radical (unpaired) electrons. The van der Waals surface area contributed by atoms with Crippen molar-refractivity contribution in [1.29, 1.82) is 0 Å². The monoisotopic (exact) mass is 412 g/mol. The molecule has 0 aliphatic carbocycles. The van der Waals surface area contributed by atoms with Crippen LogP contribution in [0, 0.1) is 12.8 Å². The van der Waals surface area contributed by atoms with E-state index in [1.165, 1.54) is 21.3 Å². The van der Waals surface area contributed by atoms with E-state index < -0.39 is 0 Å². The predicted molar refractivity (Wildman–Crippen MR) is 111 cm³/mol. The fourth-order valence-corrected chi connectivity index (χ4v) is 3.01. The average molecular weight is 412 g/mol. The molecule has 0 spiro atoms. The van der Waals surface area contributed by atoms with E-state index in [1.54, 1.807) is 51.1 Å². The molecule has 158 valence electrons. The molecule has 2 aromatic carbocycles. The minimum Gasteiger partial charge on any atom is -0.496 e. The lowest BCUT2D eigenvalue weighted by molar-refractivity contribution is -0.137. The molecule has 0 fully saturated rings. The first-order valence-corrected chi connectivity index (χ1v) is 9.40. The molecule has 0 amide bonds. The van der Waals surface area contributed by atoms with Crippen molar-refractivity contribution in [1.82, 2.24) is 0 Å². The van der Waals surface area contributed by atoms with Crippen LogP contribution >= 0.6 is 0 Å². The molecule has 1 aliphatic rings. The number of carbonyl (C=O) groups is 2. The Bertz CT molecular complexity index is 1030. The largest absolute Gasteiger partial charge is 0.496 e. The molecule has 0 bridgehead atoms. The van der Waals surface area contributed by atoms with Crippen LogP contribution in [0.1, 0.15) is 35.3 Å². The number of benzene rings is 2. The van der Waals surface area contributed by atoms with Crippen molar-refractivity contribution in [2.45, 2.75) is 20.8 Å². The summed E-state index contributed by atoms with van der Waals surface area (Å²) in [6, 6.07) is 6.58. The van der Waals surface area contributed by atoms with Crippen LogP contribution in [0.4, 0.5) is 0 Å². The van der Waals surface area contributed by atoms with Gasteiger partial charge in [-0.1, -0.05) is 13.8 Å². The maximum absolute atomic E-state index is 12.9. The minimum atomic E-state index is -0.354. The lowest BCUT2D eigenvalue weighted by atomic mass is 10.1. The van der Waals surface area contributed by atoms with E-state index in [0.29, 0.717) is 45.4 Å². The molecule has 0 atom stereocenters. The third-order valence-corrected chi connectivity index (χ3v) is 4.74. The summed E-state index contributed by atoms with van der Waals surface area (Å²) in [7, 11) is 4.58. The molecule has 1 aliphatic heterocycles. The summed E-state index contributed by atoms with van der Waals surface area (Å²) in [6.45, 7) is 5.25. The van der Waals surface area contributed by atoms with Crippen LogP contribution < -0.4 is 23.7 Å². The maximum atomic E-state index is 12.9. The van der Waals surface area contributed by atoms with E-state index in [9.17, 15) is 9.59 Å². The first kappa shape index (κ1) is 21.2. The molecular weight excluding hydrogens is 388 g/mol. The fourth-order valence-electron chi connectivity index (χ4n) is 3.01. The fraction of sp³-hybridized carbons (Fsp3) is 0.304. The number of carbonyl (C=O) groups excluding carboxylic acids is 2. The third-order valence-electron chi connectivity index (χ3n) is 4.74. The van der Waals surface area contributed by atoms with Gasteiger partial charge in [-0.3, -0.25) is 9.59 Å². The number of rotatable bonds is 6. The highest BCUT2D eigenvalue weighted by atomic mass is 16.5. The second-order valence-electron chi connectivity index (χ2n) is 7.03. The molecule has 2 aromatic rings. The van der Waals surface area contributed by atoms with Crippen molar-refractivity contribution in [3.63, 3.8) is 0 Å². The van der Waals surface area contributed by atoms with Gasteiger partial charge in [0, 0.05) is 17.2 Å². The molecule has 7 heteroatoms. The summed E-state index contributed by atoms with van der Waals surface area (Å²) in [4.78, 5) is 24.8. The maximum Gasteiger partial charge on any atom is 0.313 e. The quantitative estimate of drug-likeness (QED) is 0.400. The van der Waals surface area contributed by atoms with Gasteiger partial charge in [-0.25, -0.2) is 0 Å². The second kappa shape index (κ2) is 8.49. The summed E-state index contributed by atoms with van der Waals surface area (Å²) in [5.74, 6) is 1.47. The zero-order chi connectivity index (χ0) is 22.0. The summed E-state index contributed by atoms with van der Waals surface area (Å²) in [6.07, 6.45) is 1.59. The Labute approximate surface area is 175 Å². The number of esters is 1. The number of fused-ring (bicyclic) bond motifs is 1. The predicted octanol–water partition coefficient (Wildman–Crippen LogP) is 4.20. The molecule has 0 unspecified atom stereocenters. The zero-order valence-electron chi connectivity index (χ0n) is 17.8. The van der Waals surface area contributed by atoms with E-state index in [4.69, 9.17) is 23.7 Å². The topological polar surface area (TPSA) is 80.3 Å². The van der Waals surface area contributed by atoms with Crippen molar-refractivity contribution >= 4 is 17.8 Å². The van der Waals surface area contributed by atoms with Gasteiger partial charge in [0.05, 0.1) is 32.8 Å². The van der Waals surface area contributed by atoms with Crippen LogP contribution in [0.2, 0.25) is 0 Å². The Hall–Kier alpha value is -3.48. The van der Waals surface area contributed by atoms with E-state index in [-0.39, 0.29) is 23.4 Å². The van der Waals surface area contributed by atoms with E-state index >= 15 is 0 Å². The normalized spacial score (nSPS) is 13.8. The van der Waals surface area contributed by atoms with Gasteiger partial charge >= 0.3 is 5.97 Å². The lowest BCUT2D eigenvalue weighted by Crippen LogP contribution is -2.15. The number of ether oxygens (including phenoxy) is 5. The first-order valence-electron chi connectivity index (χ1n) is 9.40. The average Bonchev–Trinajstić information content (AvgIpc) is 3.05. The van der Waals surface area contributed by atoms with Gasteiger partial charge in [-0.05, 0) is 31.2 Å².